The third-order valence-electron chi connectivity index (χ3n) is 4.07. The Bertz CT molecular complexity index is 489. The fraction of sp³-hybridized carbons (Fsp3) is 0.714. The Balaban J connectivity index is 0.00000161. The fourth-order valence-corrected chi connectivity index (χ4v) is 3.89. The highest BCUT2D eigenvalue weighted by Gasteiger charge is 2.25. The first-order chi connectivity index (χ1) is 9.76. The molecule has 2 atom stereocenters. The van der Waals surface area contributed by atoms with E-state index >= 15 is 0 Å². The van der Waals surface area contributed by atoms with Gasteiger partial charge in [-0.2, -0.15) is 0 Å². The highest BCUT2D eigenvalue weighted by Crippen LogP contribution is 2.33. The molecule has 1 amide bonds. The first-order valence-electron chi connectivity index (χ1n) is 7.38. The van der Waals surface area contributed by atoms with Crippen LogP contribution in [0.3, 0.4) is 0 Å². The number of morpholine rings is 1. The monoisotopic (exact) mass is 331 g/mol. The summed E-state index contributed by atoms with van der Waals surface area (Å²) in [5.41, 5.74) is 1.18. The summed E-state index contributed by atoms with van der Waals surface area (Å²) in [4.78, 5) is 18.0. The van der Waals surface area contributed by atoms with E-state index in [0.717, 1.165) is 30.4 Å². The van der Waals surface area contributed by atoms with Crippen LogP contribution < -0.4 is 10.6 Å². The number of aryl methyl sites for hydroxylation is 1. The molecule has 0 saturated carbocycles. The number of ether oxygens (including phenoxy) is 1. The van der Waals surface area contributed by atoms with Crippen molar-refractivity contribution in [2.45, 2.75) is 38.7 Å². The van der Waals surface area contributed by atoms with Crippen LogP contribution in [0.4, 0.5) is 5.13 Å². The zero-order chi connectivity index (χ0) is 13.9. The van der Waals surface area contributed by atoms with E-state index in [1.54, 1.807) is 11.3 Å². The SMILES string of the molecule is CCC1CCc2nc(NC(=O)C3CNCCO3)sc2C1.Cl. The van der Waals surface area contributed by atoms with E-state index in [2.05, 4.69) is 22.5 Å². The molecule has 1 fully saturated rings. The number of hydrogen-bond acceptors (Lipinski definition) is 5. The minimum atomic E-state index is -0.395. The van der Waals surface area contributed by atoms with Gasteiger partial charge in [0.2, 0.25) is 0 Å². The summed E-state index contributed by atoms with van der Waals surface area (Å²) in [6.07, 6.45) is 4.20. The number of fused-ring (bicyclic) bond motifs is 1. The predicted octanol–water partition coefficient (Wildman–Crippen LogP) is 2.01. The van der Waals surface area contributed by atoms with Gasteiger partial charge in [0.1, 0.15) is 6.10 Å². The van der Waals surface area contributed by atoms with Gasteiger partial charge in [0.15, 0.2) is 5.13 Å². The van der Waals surface area contributed by atoms with Gasteiger partial charge < -0.3 is 10.1 Å². The number of hydrogen-bond donors (Lipinski definition) is 2. The van der Waals surface area contributed by atoms with Crippen molar-refractivity contribution in [3.05, 3.63) is 10.6 Å². The van der Waals surface area contributed by atoms with E-state index in [9.17, 15) is 4.79 Å². The molecule has 21 heavy (non-hydrogen) atoms. The van der Waals surface area contributed by atoms with Crippen molar-refractivity contribution in [1.82, 2.24) is 10.3 Å². The summed E-state index contributed by atoms with van der Waals surface area (Å²) in [5.74, 6) is 0.688. The van der Waals surface area contributed by atoms with Crippen LogP contribution in [-0.2, 0) is 22.4 Å². The Morgan fingerprint density at radius 3 is 3.14 bits per heavy atom. The molecule has 3 rings (SSSR count). The minimum absolute atomic E-state index is 0. The number of nitrogens with zero attached hydrogens (tertiary/aromatic N) is 1. The van der Waals surface area contributed by atoms with E-state index < -0.39 is 6.10 Å². The Kier molecular flexibility index (Phi) is 5.98. The van der Waals surface area contributed by atoms with Crippen LogP contribution in [0.1, 0.15) is 30.3 Å². The summed E-state index contributed by atoms with van der Waals surface area (Å²) < 4.78 is 5.45. The maximum Gasteiger partial charge on any atom is 0.256 e. The highest BCUT2D eigenvalue weighted by molar-refractivity contribution is 7.15. The topological polar surface area (TPSA) is 63.2 Å². The maximum absolute atomic E-state index is 12.1. The van der Waals surface area contributed by atoms with Crippen molar-refractivity contribution in [3.8, 4) is 0 Å². The molecular weight excluding hydrogens is 310 g/mol. The number of carbonyl (C=O) groups excluding carboxylic acids is 1. The minimum Gasteiger partial charge on any atom is -0.366 e. The molecule has 5 nitrogen and oxygen atoms in total. The molecule has 1 aromatic heterocycles. The van der Waals surface area contributed by atoms with Gasteiger partial charge in [-0.25, -0.2) is 4.98 Å². The molecule has 7 heteroatoms. The molecule has 0 aromatic carbocycles. The lowest BCUT2D eigenvalue weighted by Crippen LogP contribution is -2.45. The summed E-state index contributed by atoms with van der Waals surface area (Å²) in [6, 6.07) is 0. The number of amides is 1. The van der Waals surface area contributed by atoms with E-state index in [0.29, 0.717) is 13.2 Å². The van der Waals surface area contributed by atoms with Crippen LogP contribution in [-0.4, -0.2) is 36.7 Å². The average Bonchev–Trinajstić information content (AvgIpc) is 2.89. The molecule has 1 aliphatic carbocycles. The normalized spacial score (nSPS) is 24.8. The van der Waals surface area contributed by atoms with Crippen molar-refractivity contribution in [2.24, 2.45) is 5.92 Å². The highest BCUT2D eigenvalue weighted by atomic mass is 35.5. The molecule has 1 aliphatic heterocycles. The van der Waals surface area contributed by atoms with E-state index in [1.807, 2.05) is 0 Å². The number of halogens is 1. The summed E-state index contributed by atoms with van der Waals surface area (Å²) >= 11 is 1.63. The second-order valence-electron chi connectivity index (χ2n) is 5.46. The number of nitrogens with one attached hydrogen (secondary N) is 2. The van der Waals surface area contributed by atoms with Crippen molar-refractivity contribution in [1.29, 1.82) is 0 Å². The summed E-state index contributed by atoms with van der Waals surface area (Å²) in [5, 5.41) is 6.79. The lowest BCUT2D eigenvalue weighted by atomic mass is 9.89. The number of rotatable bonds is 3. The Hall–Kier alpha value is -0.690. The van der Waals surface area contributed by atoms with Gasteiger partial charge >= 0.3 is 0 Å². The van der Waals surface area contributed by atoms with Crippen molar-refractivity contribution < 1.29 is 9.53 Å². The predicted molar refractivity (Wildman–Crippen MR) is 86.4 cm³/mol. The lowest BCUT2D eigenvalue weighted by molar-refractivity contribution is -0.128. The van der Waals surface area contributed by atoms with Crippen LogP contribution in [0.5, 0.6) is 0 Å². The number of thiazole rings is 1. The zero-order valence-corrected chi connectivity index (χ0v) is 13.8. The average molecular weight is 332 g/mol. The summed E-state index contributed by atoms with van der Waals surface area (Å²) in [6.45, 7) is 4.22. The second kappa shape index (κ2) is 7.54. The van der Waals surface area contributed by atoms with E-state index in [-0.39, 0.29) is 18.3 Å². The van der Waals surface area contributed by atoms with Crippen LogP contribution in [0.2, 0.25) is 0 Å². The first-order valence-corrected chi connectivity index (χ1v) is 8.19. The van der Waals surface area contributed by atoms with Crippen LogP contribution in [0.25, 0.3) is 0 Å². The van der Waals surface area contributed by atoms with Gasteiger partial charge in [0, 0.05) is 18.0 Å². The van der Waals surface area contributed by atoms with Gasteiger partial charge in [0.25, 0.3) is 5.91 Å². The van der Waals surface area contributed by atoms with Crippen molar-refractivity contribution in [2.75, 3.05) is 25.0 Å². The maximum atomic E-state index is 12.1. The van der Waals surface area contributed by atoms with Gasteiger partial charge in [-0.05, 0) is 25.2 Å². The van der Waals surface area contributed by atoms with Crippen LogP contribution >= 0.6 is 23.7 Å². The molecule has 2 unspecified atom stereocenters. The van der Waals surface area contributed by atoms with Crippen molar-refractivity contribution in [3.63, 3.8) is 0 Å². The van der Waals surface area contributed by atoms with Crippen LogP contribution in [0, 0.1) is 5.92 Å². The number of carbonyl (C=O) groups is 1. The Morgan fingerprint density at radius 2 is 2.43 bits per heavy atom. The largest absolute Gasteiger partial charge is 0.366 e. The Labute approximate surface area is 135 Å². The van der Waals surface area contributed by atoms with Crippen LogP contribution in [0.15, 0.2) is 0 Å². The van der Waals surface area contributed by atoms with E-state index in [4.69, 9.17) is 4.74 Å². The Morgan fingerprint density at radius 1 is 1.57 bits per heavy atom. The molecule has 118 valence electrons. The van der Waals surface area contributed by atoms with Gasteiger partial charge in [-0.3, -0.25) is 10.1 Å². The molecule has 1 aromatic rings. The molecule has 0 bridgehead atoms. The molecule has 1 saturated heterocycles. The second-order valence-corrected chi connectivity index (χ2v) is 6.54. The fourth-order valence-electron chi connectivity index (χ4n) is 2.76. The number of aromatic nitrogens is 1. The molecule has 2 N–H and O–H groups in total. The third-order valence-corrected chi connectivity index (χ3v) is 5.10. The van der Waals surface area contributed by atoms with Gasteiger partial charge in [-0.15, -0.1) is 23.7 Å². The smallest absolute Gasteiger partial charge is 0.256 e. The third kappa shape index (κ3) is 3.94. The quantitative estimate of drug-likeness (QED) is 0.889. The van der Waals surface area contributed by atoms with Gasteiger partial charge in [-0.1, -0.05) is 13.3 Å². The molecule has 0 radical (unpaired) electrons. The summed E-state index contributed by atoms with van der Waals surface area (Å²) in [7, 11) is 0. The molecular formula is C14H22ClN3O2S. The lowest BCUT2D eigenvalue weighted by Gasteiger charge is -2.22. The zero-order valence-electron chi connectivity index (χ0n) is 12.2. The van der Waals surface area contributed by atoms with Gasteiger partial charge in [0.05, 0.1) is 12.3 Å². The molecule has 2 heterocycles. The number of anilines is 1. The standard InChI is InChI=1S/C14H21N3O2S.ClH/c1-2-9-3-4-10-12(7-9)20-14(16-10)17-13(18)11-8-15-5-6-19-11;/h9,11,15H,2-8H2,1H3,(H,16,17,18);1H. The van der Waals surface area contributed by atoms with E-state index in [1.165, 1.54) is 23.4 Å². The van der Waals surface area contributed by atoms with Crippen molar-refractivity contribution >= 4 is 34.8 Å². The molecule has 0 spiro atoms. The molecule has 2 aliphatic rings. The first kappa shape index (κ1) is 16.7.